The van der Waals surface area contributed by atoms with E-state index in [1.54, 1.807) is 6.20 Å². The summed E-state index contributed by atoms with van der Waals surface area (Å²) in [4.78, 5) is 6.50. The first-order chi connectivity index (χ1) is 9.28. The number of pyridine rings is 1. The van der Waals surface area contributed by atoms with Gasteiger partial charge >= 0.3 is 0 Å². The monoisotopic (exact) mass is 254 g/mol. The molecule has 98 valence electrons. The third kappa shape index (κ3) is 2.27. The molecule has 0 aliphatic carbocycles. The number of hydrogen-bond donors (Lipinski definition) is 2. The van der Waals surface area contributed by atoms with E-state index in [4.69, 9.17) is 5.84 Å². The largest absolute Gasteiger partial charge is 0.341 e. The summed E-state index contributed by atoms with van der Waals surface area (Å²) in [5.74, 6) is 6.76. The lowest BCUT2D eigenvalue weighted by Crippen LogP contribution is -2.30. The van der Waals surface area contributed by atoms with Crippen molar-refractivity contribution >= 4 is 17.2 Å². The Balaban J connectivity index is 2.04. The average molecular weight is 254 g/mol. The first-order valence-corrected chi connectivity index (χ1v) is 6.56. The van der Waals surface area contributed by atoms with Gasteiger partial charge in [0, 0.05) is 30.2 Å². The molecule has 0 saturated heterocycles. The number of nitrogens with zero attached hydrogens (tertiary/aromatic N) is 2. The molecule has 2 heterocycles. The minimum Gasteiger partial charge on any atom is -0.341 e. The minimum atomic E-state index is 0.636. The summed E-state index contributed by atoms with van der Waals surface area (Å²) in [6.45, 7) is 3.30. The highest BCUT2D eigenvalue weighted by Crippen LogP contribution is 2.35. The van der Waals surface area contributed by atoms with Crippen LogP contribution in [-0.2, 0) is 6.42 Å². The average Bonchev–Trinajstić information content (AvgIpc) is 2.46. The Hall–Kier alpha value is -2.07. The van der Waals surface area contributed by atoms with Gasteiger partial charge in [-0.15, -0.1) is 0 Å². The number of fused-ring (bicyclic) bond motifs is 1. The lowest BCUT2D eigenvalue weighted by Gasteiger charge is -2.34. The third-order valence-corrected chi connectivity index (χ3v) is 3.55. The van der Waals surface area contributed by atoms with E-state index in [-0.39, 0.29) is 0 Å². The van der Waals surface area contributed by atoms with Crippen molar-refractivity contribution in [2.24, 2.45) is 11.8 Å². The van der Waals surface area contributed by atoms with Crippen molar-refractivity contribution in [2.75, 3.05) is 16.9 Å². The quantitative estimate of drug-likeness (QED) is 0.639. The summed E-state index contributed by atoms with van der Waals surface area (Å²) in [5, 5.41) is 0. The number of nitrogens with one attached hydrogen (secondary N) is 1. The van der Waals surface area contributed by atoms with E-state index in [0.29, 0.717) is 11.7 Å². The lowest BCUT2D eigenvalue weighted by atomic mass is 9.93. The summed E-state index contributed by atoms with van der Waals surface area (Å²) < 4.78 is 0. The molecule has 0 radical (unpaired) electrons. The van der Waals surface area contributed by atoms with Crippen LogP contribution < -0.4 is 16.2 Å². The maximum absolute atomic E-state index is 5.44. The first-order valence-electron chi connectivity index (χ1n) is 6.56. The zero-order chi connectivity index (χ0) is 13.2. The first kappa shape index (κ1) is 12.0. The Morgan fingerprint density at radius 1 is 1.32 bits per heavy atom. The van der Waals surface area contributed by atoms with Gasteiger partial charge in [0.2, 0.25) is 0 Å². The number of nitrogens with two attached hydrogens (primary N) is 1. The van der Waals surface area contributed by atoms with Gasteiger partial charge in [0.25, 0.3) is 0 Å². The van der Waals surface area contributed by atoms with Crippen molar-refractivity contribution in [1.82, 2.24) is 4.98 Å². The summed E-state index contributed by atoms with van der Waals surface area (Å²) in [7, 11) is 0. The number of nitrogen functional groups attached to an aromatic ring is 1. The third-order valence-electron chi connectivity index (χ3n) is 3.55. The van der Waals surface area contributed by atoms with Crippen LogP contribution in [0.2, 0.25) is 0 Å². The van der Waals surface area contributed by atoms with E-state index in [9.17, 15) is 0 Å². The highest BCUT2D eigenvalue weighted by Gasteiger charge is 2.22. The molecule has 1 aliphatic rings. The maximum Gasteiger partial charge on any atom is 0.141 e. The van der Waals surface area contributed by atoms with Gasteiger partial charge in [-0.05, 0) is 30.0 Å². The second kappa shape index (κ2) is 4.90. The van der Waals surface area contributed by atoms with Crippen molar-refractivity contribution in [1.29, 1.82) is 0 Å². The van der Waals surface area contributed by atoms with Crippen LogP contribution >= 0.6 is 0 Å². The molecule has 19 heavy (non-hydrogen) atoms. The lowest BCUT2D eigenvalue weighted by molar-refractivity contribution is 0.562. The molecule has 0 amide bonds. The topological polar surface area (TPSA) is 54.2 Å². The Labute approximate surface area is 113 Å². The van der Waals surface area contributed by atoms with E-state index >= 15 is 0 Å². The standard InChI is InChI=1S/C15H18N4/c1-11-8-12-4-2-3-5-14(12)19(10-11)13-6-7-17-15(9-13)18-16/h2-7,9,11H,8,10,16H2,1H3,(H,17,18). The molecule has 0 bridgehead atoms. The Morgan fingerprint density at radius 2 is 2.16 bits per heavy atom. The van der Waals surface area contributed by atoms with Crippen LogP contribution in [0, 0.1) is 5.92 Å². The van der Waals surface area contributed by atoms with E-state index in [0.717, 1.165) is 18.7 Å². The molecule has 1 aromatic heterocycles. The molecular formula is C15H18N4. The van der Waals surface area contributed by atoms with Crippen LogP contribution in [0.25, 0.3) is 0 Å². The van der Waals surface area contributed by atoms with Gasteiger partial charge in [-0.3, -0.25) is 0 Å². The van der Waals surface area contributed by atoms with Crippen LogP contribution in [0.5, 0.6) is 0 Å². The highest BCUT2D eigenvalue weighted by atomic mass is 15.3. The molecular weight excluding hydrogens is 236 g/mol. The molecule has 0 spiro atoms. The Bertz CT molecular complexity index is 582. The van der Waals surface area contributed by atoms with E-state index in [2.05, 4.69) is 46.5 Å². The van der Waals surface area contributed by atoms with Gasteiger partial charge in [-0.1, -0.05) is 25.1 Å². The van der Waals surface area contributed by atoms with Gasteiger partial charge in [-0.2, -0.15) is 0 Å². The molecule has 3 N–H and O–H groups in total. The van der Waals surface area contributed by atoms with Crippen LogP contribution in [-0.4, -0.2) is 11.5 Å². The van der Waals surface area contributed by atoms with E-state index in [1.807, 2.05) is 12.1 Å². The molecule has 4 nitrogen and oxygen atoms in total. The van der Waals surface area contributed by atoms with Crippen molar-refractivity contribution in [2.45, 2.75) is 13.3 Å². The molecule has 1 aromatic carbocycles. The number of hydrogen-bond acceptors (Lipinski definition) is 4. The fraction of sp³-hybridized carbons (Fsp3) is 0.267. The minimum absolute atomic E-state index is 0.636. The zero-order valence-corrected chi connectivity index (χ0v) is 11.0. The number of hydrazine groups is 1. The predicted octanol–water partition coefficient (Wildman–Crippen LogP) is 2.70. The number of anilines is 3. The molecule has 1 aliphatic heterocycles. The highest BCUT2D eigenvalue weighted by molar-refractivity contribution is 5.69. The molecule has 0 fully saturated rings. The van der Waals surface area contributed by atoms with E-state index < -0.39 is 0 Å². The van der Waals surface area contributed by atoms with Crippen LogP contribution in [0.1, 0.15) is 12.5 Å². The normalized spacial score (nSPS) is 18.0. The molecule has 0 saturated carbocycles. The number of benzene rings is 1. The van der Waals surface area contributed by atoms with Crippen LogP contribution in [0.3, 0.4) is 0 Å². The van der Waals surface area contributed by atoms with Crippen LogP contribution in [0.4, 0.5) is 17.2 Å². The fourth-order valence-corrected chi connectivity index (χ4v) is 2.71. The maximum atomic E-state index is 5.44. The van der Waals surface area contributed by atoms with Crippen molar-refractivity contribution in [3.63, 3.8) is 0 Å². The van der Waals surface area contributed by atoms with Gasteiger partial charge in [0.15, 0.2) is 0 Å². The van der Waals surface area contributed by atoms with Gasteiger partial charge in [-0.25, -0.2) is 10.8 Å². The predicted molar refractivity (Wildman–Crippen MR) is 78.4 cm³/mol. The van der Waals surface area contributed by atoms with Crippen LogP contribution in [0.15, 0.2) is 42.6 Å². The van der Waals surface area contributed by atoms with Crippen molar-refractivity contribution in [3.8, 4) is 0 Å². The zero-order valence-electron chi connectivity index (χ0n) is 11.0. The van der Waals surface area contributed by atoms with Crippen molar-refractivity contribution in [3.05, 3.63) is 48.2 Å². The number of rotatable bonds is 2. The Morgan fingerprint density at radius 3 is 3.00 bits per heavy atom. The molecule has 1 unspecified atom stereocenters. The smallest absolute Gasteiger partial charge is 0.141 e. The Kier molecular flexibility index (Phi) is 3.09. The number of para-hydroxylation sites is 1. The molecule has 3 rings (SSSR count). The SMILES string of the molecule is CC1Cc2ccccc2N(c2ccnc(NN)c2)C1. The van der Waals surface area contributed by atoms with Gasteiger partial charge in [0.1, 0.15) is 5.82 Å². The summed E-state index contributed by atoms with van der Waals surface area (Å²) >= 11 is 0. The van der Waals surface area contributed by atoms with Gasteiger partial charge in [0.05, 0.1) is 0 Å². The molecule has 4 heteroatoms. The summed E-state index contributed by atoms with van der Waals surface area (Å²) in [5.41, 5.74) is 6.42. The molecule has 2 aromatic rings. The summed E-state index contributed by atoms with van der Waals surface area (Å²) in [6.07, 6.45) is 2.92. The fourth-order valence-electron chi connectivity index (χ4n) is 2.71. The second-order valence-electron chi connectivity index (χ2n) is 5.09. The molecule has 1 atom stereocenters. The van der Waals surface area contributed by atoms with Crippen molar-refractivity contribution < 1.29 is 0 Å². The number of aromatic nitrogens is 1. The van der Waals surface area contributed by atoms with Gasteiger partial charge < -0.3 is 10.3 Å². The summed E-state index contributed by atoms with van der Waals surface area (Å²) in [6, 6.07) is 12.6. The van der Waals surface area contributed by atoms with E-state index in [1.165, 1.54) is 11.3 Å². The second-order valence-corrected chi connectivity index (χ2v) is 5.09.